The van der Waals surface area contributed by atoms with E-state index < -0.39 is 0 Å². The minimum atomic E-state index is 0.167. The van der Waals surface area contributed by atoms with Gasteiger partial charge in [-0.2, -0.15) is 0 Å². The topological polar surface area (TPSA) is 24.8 Å². The Morgan fingerprint density at radius 2 is 1.44 bits per heavy atom. The number of unbranched alkanes of at least 4 members (excludes halogenated alkanes) is 1. The highest BCUT2D eigenvalue weighted by Crippen LogP contribution is 2.46. The second-order valence-electron chi connectivity index (χ2n) is 9.43. The highest BCUT2D eigenvalue weighted by molar-refractivity contribution is 6.10. The molecule has 4 aromatic carbocycles. The first-order chi connectivity index (χ1) is 17.8. The van der Waals surface area contributed by atoms with Crippen molar-refractivity contribution in [3.63, 3.8) is 0 Å². The van der Waals surface area contributed by atoms with Gasteiger partial charge in [-0.15, -0.1) is 0 Å². The van der Waals surface area contributed by atoms with Gasteiger partial charge in [0.15, 0.2) is 0 Å². The normalized spacial score (nSPS) is 18.2. The number of para-hydroxylation sites is 2. The molecule has 0 saturated heterocycles. The van der Waals surface area contributed by atoms with Crippen molar-refractivity contribution >= 4 is 17.1 Å². The molecule has 0 spiro atoms. The van der Waals surface area contributed by atoms with Gasteiger partial charge in [-0.05, 0) is 47.9 Å². The van der Waals surface area contributed by atoms with E-state index in [9.17, 15) is 0 Å². The molecule has 3 heteroatoms. The average Bonchev–Trinajstić information content (AvgIpc) is 2.94. The summed E-state index contributed by atoms with van der Waals surface area (Å²) in [6.07, 6.45) is 3.40. The van der Waals surface area contributed by atoms with E-state index in [-0.39, 0.29) is 12.0 Å². The van der Waals surface area contributed by atoms with Gasteiger partial charge in [0.2, 0.25) is 0 Å². The van der Waals surface area contributed by atoms with Crippen LogP contribution < -0.4 is 9.64 Å². The number of hydrogen-bond donors (Lipinski definition) is 0. The third-order valence-corrected chi connectivity index (χ3v) is 7.09. The van der Waals surface area contributed by atoms with Gasteiger partial charge in [-0.3, -0.25) is 4.99 Å². The molecule has 0 saturated carbocycles. The average molecular weight is 475 g/mol. The van der Waals surface area contributed by atoms with Crippen LogP contribution in [0.15, 0.2) is 114 Å². The van der Waals surface area contributed by atoms with Crippen LogP contribution in [0.2, 0.25) is 0 Å². The molecule has 4 aromatic rings. The third-order valence-electron chi connectivity index (χ3n) is 7.09. The van der Waals surface area contributed by atoms with E-state index in [0.29, 0.717) is 0 Å². The Labute approximate surface area is 215 Å². The van der Waals surface area contributed by atoms with Crippen LogP contribution in [0, 0.1) is 5.92 Å². The molecule has 0 radical (unpaired) electrons. The minimum Gasteiger partial charge on any atom is -0.497 e. The van der Waals surface area contributed by atoms with Gasteiger partial charge in [-0.25, -0.2) is 0 Å². The lowest BCUT2D eigenvalue weighted by molar-refractivity contribution is 0.413. The quantitative estimate of drug-likeness (QED) is 0.256. The molecule has 0 aliphatic carbocycles. The smallest absolute Gasteiger partial charge is 0.118 e. The van der Waals surface area contributed by atoms with Gasteiger partial charge < -0.3 is 9.64 Å². The zero-order chi connectivity index (χ0) is 24.7. The number of ether oxygens (including phenoxy) is 1. The van der Waals surface area contributed by atoms with Crippen molar-refractivity contribution < 1.29 is 4.74 Å². The summed E-state index contributed by atoms with van der Waals surface area (Å²) in [5.41, 5.74) is 7.28. The fourth-order valence-electron chi connectivity index (χ4n) is 5.34. The maximum Gasteiger partial charge on any atom is 0.118 e. The van der Waals surface area contributed by atoms with E-state index in [2.05, 4.69) is 121 Å². The second-order valence-corrected chi connectivity index (χ2v) is 9.43. The van der Waals surface area contributed by atoms with Crippen molar-refractivity contribution in [2.24, 2.45) is 10.9 Å². The Balaban J connectivity index is 1.71. The first-order valence-corrected chi connectivity index (χ1v) is 13.0. The molecule has 36 heavy (non-hydrogen) atoms. The van der Waals surface area contributed by atoms with Crippen LogP contribution >= 0.6 is 0 Å². The summed E-state index contributed by atoms with van der Waals surface area (Å²) in [5, 5.41) is 0. The Hall–Kier alpha value is -3.85. The van der Waals surface area contributed by atoms with Crippen LogP contribution in [0.3, 0.4) is 0 Å². The third kappa shape index (κ3) is 5.06. The lowest BCUT2D eigenvalue weighted by atomic mass is 9.77. The molecular formula is C33H34N2O. The molecule has 0 bridgehead atoms. The largest absolute Gasteiger partial charge is 0.497 e. The Morgan fingerprint density at radius 3 is 2.14 bits per heavy atom. The number of rotatable bonds is 8. The molecule has 2 atom stereocenters. The zero-order valence-corrected chi connectivity index (χ0v) is 21.2. The van der Waals surface area contributed by atoms with E-state index in [4.69, 9.17) is 9.73 Å². The Kier molecular flexibility index (Phi) is 7.47. The van der Waals surface area contributed by atoms with Crippen LogP contribution in [0.25, 0.3) is 0 Å². The maximum atomic E-state index is 5.49. The van der Waals surface area contributed by atoms with Gasteiger partial charge in [0, 0.05) is 23.7 Å². The van der Waals surface area contributed by atoms with Crippen LogP contribution in [0.5, 0.6) is 5.75 Å². The molecule has 1 aliphatic rings. The molecule has 0 aromatic heterocycles. The Morgan fingerprint density at radius 1 is 0.778 bits per heavy atom. The summed E-state index contributed by atoms with van der Waals surface area (Å²) in [5.74, 6) is 1.14. The summed E-state index contributed by atoms with van der Waals surface area (Å²) in [6.45, 7) is 3.12. The molecule has 0 N–H and O–H groups in total. The van der Waals surface area contributed by atoms with E-state index in [1.165, 1.54) is 28.1 Å². The Bertz CT molecular complexity index is 1280. The molecule has 5 rings (SSSR count). The summed E-state index contributed by atoms with van der Waals surface area (Å²) in [4.78, 5) is 7.90. The van der Waals surface area contributed by atoms with Crippen molar-refractivity contribution in [3.8, 4) is 5.75 Å². The van der Waals surface area contributed by atoms with Gasteiger partial charge in [0.05, 0.1) is 24.6 Å². The fourth-order valence-corrected chi connectivity index (χ4v) is 5.34. The number of methoxy groups -OCH3 is 1. The number of benzene rings is 4. The van der Waals surface area contributed by atoms with Gasteiger partial charge in [0.1, 0.15) is 5.75 Å². The van der Waals surface area contributed by atoms with Crippen molar-refractivity contribution in [2.75, 3.05) is 12.0 Å². The monoisotopic (exact) mass is 474 g/mol. The van der Waals surface area contributed by atoms with Crippen molar-refractivity contribution in [3.05, 3.63) is 126 Å². The molecular weight excluding hydrogens is 440 g/mol. The van der Waals surface area contributed by atoms with E-state index >= 15 is 0 Å². The van der Waals surface area contributed by atoms with E-state index in [1.807, 2.05) is 0 Å². The molecule has 1 heterocycles. The second kappa shape index (κ2) is 11.3. The number of aliphatic imine (C=N–C) groups is 1. The molecule has 182 valence electrons. The molecule has 3 nitrogen and oxygen atoms in total. The van der Waals surface area contributed by atoms with Gasteiger partial charge in [-0.1, -0.05) is 98.6 Å². The summed E-state index contributed by atoms with van der Waals surface area (Å²) >= 11 is 0. The fraction of sp³-hybridized carbons (Fsp3) is 0.242. The summed E-state index contributed by atoms with van der Waals surface area (Å²) in [7, 11) is 1.72. The lowest BCUT2D eigenvalue weighted by Gasteiger charge is -2.45. The SMILES string of the molecule is CCCC[C@@H]1C(=Nc2ccccc2)c2ccccc2N(Cc2ccccc2)[C@H]1c1ccc(OC)cc1. The van der Waals surface area contributed by atoms with Crippen LogP contribution in [0.4, 0.5) is 11.4 Å². The van der Waals surface area contributed by atoms with Crippen LogP contribution in [0.1, 0.15) is 48.9 Å². The van der Waals surface area contributed by atoms with E-state index in [0.717, 1.165) is 37.2 Å². The number of nitrogens with zero attached hydrogens (tertiary/aromatic N) is 2. The summed E-state index contributed by atoms with van der Waals surface area (Å²) < 4.78 is 5.49. The van der Waals surface area contributed by atoms with E-state index in [1.54, 1.807) is 7.11 Å². The predicted molar refractivity (Wildman–Crippen MR) is 150 cm³/mol. The molecule has 0 amide bonds. The zero-order valence-electron chi connectivity index (χ0n) is 21.2. The predicted octanol–water partition coefficient (Wildman–Crippen LogP) is 8.38. The lowest BCUT2D eigenvalue weighted by Crippen LogP contribution is -2.42. The standard InChI is InChI=1S/C33H34N2O/c1-3-4-17-30-32(34-27-15-9-6-10-16-27)29-18-11-12-19-31(29)35(24-25-13-7-5-8-14-25)33(30)26-20-22-28(36-2)23-21-26/h5-16,18-23,30,33H,3-4,17,24H2,1-2H3/t30-,33+/m1/s1. The first-order valence-electron chi connectivity index (χ1n) is 13.0. The minimum absolute atomic E-state index is 0.167. The van der Waals surface area contributed by atoms with Crippen LogP contribution in [-0.2, 0) is 6.54 Å². The summed E-state index contributed by atoms with van der Waals surface area (Å²) in [6, 6.07) is 38.8. The van der Waals surface area contributed by atoms with Crippen molar-refractivity contribution in [1.29, 1.82) is 0 Å². The maximum absolute atomic E-state index is 5.49. The molecule has 0 fully saturated rings. The number of fused-ring (bicyclic) bond motifs is 1. The van der Waals surface area contributed by atoms with Gasteiger partial charge in [0.25, 0.3) is 0 Å². The number of hydrogen-bond acceptors (Lipinski definition) is 3. The van der Waals surface area contributed by atoms with Crippen molar-refractivity contribution in [1.82, 2.24) is 0 Å². The van der Waals surface area contributed by atoms with Crippen molar-refractivity contribution in [2.45, 2.75) is 38.8 Å². The molecule has 0 unspecified atom stereocenters. The number of anilines is 1. The molecule has 1 aliphatic heterocycles. The first kappa shape index (κ1) is 23.9. The van der Waals surface area contributed by atoms with Crippen LogP contribution in [-0.4, -0.2) is 12.8 Å². The highest BCUT2D eigenvalue weighted by atomic mass is 16.5. The van der Waals surface area contributed by atoms with Gasteiger partial charge >= 0.3 is 0 Å². The highest BCUT2D eigenvalue weighted by Gasteiger charge is 2.39.